The number of hydrogen-bond acceptors (Lipinski definition) is 1. The molecule has 0 radical (unpaired) electrons. The molecular formula is C36H22O. The molecule has 8 rings (SSSR count). The van der Waals surface area contributed by atoms with Crippen LogP contribution >= 0.6 is 0 Å². The van der Waals surface area contributed by atoms with E-state index >= 15 is 0 Å². The van der Waals surface area contributed by atoms with Crippen molar-refractivity contribution < 1.29 is 19.5 Å². The summed E-state index contributed by atoms with van der Waals surface area (Å²) < 4.78 is 101. The van der Waals surface area contributed by atoms with E-state index < -0.39 is 36.3 Å². The predicted molar refractivity (Wildman–Crippen MR) is 157 cm³/mol. The average molecular weight is 482 g/mol. The van der Waals surface area contributed by atoms with Crippen molar-refractivity contribution in [3.05, 3.63) is 133 Å². The molecule has 1 nitrogen and oxygen atoms in total. The molecule has 0 saturated carbocycles. The molecule has 0 saturated heterocycles. The quantitative estimate of drug-likeness (QED) is 0.224. The third-order valence-electron chi connectivity index (χ3n) is 6.86. The van der Waals surface area contributed by atoms with Crippen molar-refractivity contribution in [2.45, 2.75) is 0 Å². The first-order valence-electron chi connectivity index (χ1n) is 17.3. The van der Waals surface area contributed by atoms with E-state index in [-0.39, 0.29) is 63.3 Å². The Morgan fingerprint density at radius 2 is 1.08 bits per heavy atom. The molecule has 0 amide bonds. The maximum atomic E-state index is 9.36. The lowest BCUT2D eigenvalue weighted by Gasteiger charge is -2.18. The highest BCUT2D eigenvalue weighted by Crippen LogP contribution is 2.45. The Balaban J connectivity index is 1.59. The third-order valence-corrected chi connectivity index (χ3v) is 6.86. The minimum atomic E-state index is -0.527. The van der Waals surface area contributed by atoms with Gasteiger partial charge in [0.25, 0.3) is 0 Å². The van der Waals surface area contributed by atoms with Gasteiger partial charge in [0.15, 0.2) is 0 Å². The summed E-state index contributed by atoms with van der Waals surface area (Å²) in [5, 5.41) is 3.61. The van der Waals surface area contributed by atoms with Crippen molar-refractivity contribution in [1.82, 2.24) is 0 Å². The Labute approximate surface area is 229 Å². The van der Waals surface area contributed by atoms with Crippen molar-refractivity contribution in [3.63, 3.8) is 0 Å². The van der Waals surface area contributed by atoms with Crippen LogP contribution in [0.4, 0.5) is 0 Å². The van der Waals surface area contributed by atoms with Gasteiger partial charge >= 0.3 is 0 Å². The molecule has 0 spiro atoms. The van der Waals surface area contributed by atoms with Gasteiger partial charge in [0.05, 0.1) is 15.1 Å². The van der Waals surface area contributed by atoms with Gasteiger partial charge in [0.2, 0.25) is 0 Å². The summed E-state index contributed by atoms with van der Waals surface area (Å²) >= 11 is 0. The average Bonchev–Trinajstić information content (AvgIpc) is 3.48. The van der Waals surface area contributed by atoms with Crippen molar-refractivity contribution in [1.29, 1.82) is 0 Å². The molecule has 0 unspecified atom stereocenters. The number of benzene rings is 7. The largest absolute Gasteiger partial charge is 0.456 e. The summed E-state index contributed by atoms with van der Waals surface area (Å²) in [6, 6.07) is 16.3. The van der Waals surface area contributed by atoms with Crippen LogP contribution in [0.5, 0.6) is 0 Å². The molecule has 1 heterocycles. The van der Waals surface area contributed by atoms with E-state index in [1.807, 2.05) is 42.5 Å². The second-order valence-electron chi connectivity index (χ2n) is 8.88. The van der Waals surface area contributed by atoms with Crippen molar-refractivity contribution in [3.8, 4) is 22.3 Å². The SMILES string of the molecule is [2H]c1cc2c(-c3ccc4ccccc4c3)c3cc([2H])c([2H])cc3c(-c3c([2H])c([2H])c4c(oc5c([2H])c([2H])c([2H])c([2H])c54)c3[2H])c2cc1[2H]. The normalized spacial score (nSPS) is 15.9. The standard InChI is InChI=1S/C36H22O/c1-2-10-24-21-25(18-17-23(24)9-1)35-29-12-3-5-14-31(29)36(32-15-6-4-13-30(32)35)26-19-20-28-27-11-7-8-16-33(27)37-34(28)22-26/h1-22H/i3D,4D,5D,6D,7D,8D,11D,16D,19D,20D,22D. The summed E-state index contributed by atoms with van der Waals surface area (Å²) in [5.74, 6) is 0. The lowest BCUT2D eigenvalue weighted by atomic mass is 9.85. The Morgan fingerprint density at radius 3 is 1.81 bits per heavy atom. The fourth-order valence-electron chi connectivity index (χ4n) is 5.23. The molecule has 0 N–H and O–H groups in total. The summed E-state index contributed by atoms with van der Waals surface area (Å²) in [7, 11) is 0. The summed E-state index contributed by atoms with van der Waals surface area (Å²) in [4.78, 5) is 0. The first kappa shape index (κ1) is 12.4. The zero-order valence-corrected chi connectivity index (χ0v) is 19.3. The number of hydrogen-bond donors (Lipinski definition) is 0. The van der Waals surface area contributed by atoms with Crippen molar-refractivity contribution >= 4 is 54.3 Å². The lowest BCUT2D eigenvalue weighted by Crippen LogP contribution is -1.90. The maximum Gasteiger partial charge on any atom is 0.136 e. The molecule has 0 aliphatic carbocycles. The Morgan fingerprint density at radius 1 is 0.459 bits per heavy atom. The van der Waals surface area contributed by atoms with Gasteiger partial charge in [-0.1, -0.05) is 109 Å². The van der Waals surface area contributed by atoms with Crippen LogP contribution in [-0.4, -0.2) is 0 Å². The fraction of sp³-hybridized carbons (Fsp3) is 0. The first-order chi connectivity index (χ1) is 22.9. The summed E-state index contributed by atoms with van der Waals surface area (Å²) in [6.07, 6.45) is 0. The van der Waals surface area contributed by atoms with E-state index in [0.29, 0.717) is 27.1 Å². The van der Waals surface area contributed by atoms with Gasteiger partial charge in [0, 0.05) is 10.8 Å². The monoisotopic (exact) mass is 481 g/mol. The zero-order valence-electron chi connectivity index (χ0n) is 30.3. The molecule has 7 aromatic carbocycles. The van der Waals surface area contributed by atoms with Gasteiger partial charge in [0.1, 0.15) is 11.2 Å². The molecule has 1 aromatic heterocycles. The van der Waals surface area contributed by atoms with Crippen LogP contribution in [0, 0.1) is 0 Å². The smallest absolute Gasteiger partial charge is 0.136 e. The predicted octanol–water partition coefficient (Wildman–Crippen LogP) is 10.4. The maximum absolute atomic E-state index is 9.36. The fourth-order valence-corrected chi connectivity index (χ4v) is 5.23. The molecule has 37 heavy (non-hydrogen) atoms. The zero-order chi connectivity index (χ0) is 33.9. The van der Waals surface area contributed by atoms with E-state index in [0.717, 1.165) is 16.3 Å². The van der Waals surface area contributed by atoms with Crippen LogP contribution in [0.15, 0.2) is 138 Å². The molecule has 172 valence electrons. The van der Waals surface area contributed by atoms with Gasteiger partial charge in [-0.05, 0) is 78.8 Å². The molecule has 8 aromatic rings. The molecule has 0 aliphatic rings. The van der Waals surface area contributed by atoms with E-state index in [2.05, 4.69) is 0 Å². The number of furan rings is 1. The van der Waals surface area contributed by atoms with E-state index in [1.54, 1.807) is 12.1 Å². The Bertz CT molecular complexity index is 2680. The van der Waals surface area contributed by atoms with E-state index in [9.17, 15) is 2.74 Å². The van der Waals surface area contributed by atoms with Crippen LogP contribution in [0.3, 0.4) is 0 Å². The van der Waals surface area contributed by atoms with Gasteiger partial charge in [-0.15, -0.1) is 0 Å². The molecule has 1 heteroatoms. The number of para-hydroxylation sites is 1. The van der Waals surface area contributed by atoms with Crippen LogP contribution < -0.4 is 0 Å². The molecule has 0 aliphatic heterocycles. The molecule has 0 bridgehead atoms. The molecule has 0 fully saturated rings. The number of rotatable bonds is 2. The third kappa shape index (κ3) is 3.04. The Hall–Kier alpha value is -4.88. The van der Waals surface area contributed by atoms with E-state index in [4.69, 9.17) is 16.8 Å². The minimum Gasteiger partial charge on any atom is -0.456 e. The first-order valence-corrected chi connectivity index (χ1v) is 11.8. The highest BCUT2D eigenvalue weighted by atomic mass is 16.3. The van der Waals surface area contributed by atoms with Gasteiger partial charge < -0.3 is 4.42 Å². The van der Waals surface area contributed by atoms with Crippen LogP contribution in [0.2, 0.25) is 0 Å². The highest BCUT2D eigenvalue weighted by Gasteiger charge is 2.17. The molecular weight excluding hydrogens is 448 g/mol. The summed E-state index contributed by atoms with van der Waals surface area (Å²) in [5.41, 5.74) is 1.18. The van der Waals surface area contributed by atoms with Gasteiger partial charge in [-0.2, -0.15) is 0 Å². The van der Waals surface area contributed by atoms with Crippen molar-refractivity contribution in [2.24, 2.45) is 0 Å². The molecule has 0 atom stereocenters. The number of fused-ring (bicyclic) bond motifs is 6. The van der Waals surface area contributed by atoms with E-state index in [1.165, 1.54) is 12.1 Å². The van der Waals surface area contributed by atoms with Gasteiger partial charge in [-0.25, -0.2) is 0 Å². The van der Waals surface area contributed by atoms with Crippen LogP contribution in [0.25, 0.3) is 76.5 Å². The second-order valence-corrected chi connectivity index (χ2v) is 8.88. The minimum absolute atomic E-state index is 0.0591. The lowest BCUT2D eigenvalue weighted by molar-refractivity contribution is 0.669. The summed E-state index contributed by atoms with van der Waals surface area (Å²) in [6.45, 7) is 0. The highest BCUT2D eigenvalue weighted by molar-refractivity contribution is 6.22. The van der Waals surface area contributed by atoms with Gasteiger partial charge in [-0.3, -0.25) is 0 Å². The van der Waals surface area contributed by atoms with Crippen LogP contribution in [0.1, 0.15) is 15.1 Å². The van der Waals surface area contributed by atoms with Crippen molar-refractivity contribution in [2.75, 3.05) is 0 Å². The second kappa shape index (κ2) is 7.81. The topological polar surface area (TPSA) is 13.1 Å². The Kier molecular flexibility index (Phi) is 2.61. The van der Waals surface area contributed by atoms with Crippen LogP contribution in [-0.2, 0) is 0 Å².